The van der Waals surface area contributed by atoms with Crippen molar-refractivity contribution in [2.45, 2.75) is 49.8 Å². The Labute approximate surface area is 159 Å². The van der Waals surface area contributed by atoms with E-state index in [1.54, 1.807) is 24.3 Å². The minimum Gasteiger partial charge on any atom is -0.342 e. The summed E-state index contributed by atoms with van der Waals surface area (Å²) in [5.74, 6) is 1.87. The molecule has 0 N–H and O–H groups in total. The van der Waals surface area contributed by atoms with Crippen LogP contribution in [0.5, 0.6) is 0 Å². The molecule has 0 radical (unpaired) electrons. The first-order valence-corrected chi connectivity index (χ1v) is 11.0. The second-order valence-electron chi connectivity index (χ2n) is 7.39. The van der Waals surface area contributed by atoms with E-state index in [0.29, 0.717) is 19.0 Å². The van der Waals surface area contributed by atoms with Crippen LogP contribution < -0.4 is 0 Å². The molecule has 7 nitrogen and oxygen atoms in total. The van der Waals surface area contributed by atoms with E-state index >= 15 is 0 Å². The molecular formula is C19H25N3O4S. The SMILES string of the molecule is CC(C)c1noc(C2CCN(C(=O)Cc3ccc(S(C)(=O)=O)cc3)CC2)n1. The third-order valence-corrected chi connectivity index (χ3v) is 6.01. The molecular weight excluding hydrogens is 366 g/mol. The molecule has 146 valence electrons. The van der Waals surface area contributed by atoms with E-state index in [1.165, 1.54) is 6.26 Å². The molecule has 3 rings (SSSR count). The lowest BCUT2D eigenvalue weighted by Gasteiger charge is -2.30. The number of hydrogen-bond acceptors (Lipinski definition) is 6. The molecule has 2 aromatic rings. The van der Waals surface area contributed by atoms with Gasteiger partial charge >= 0.3 is 0 Å². The molecule has 0 unspecified atom stereocenters. The van der Waals surface area contributed by atoms with Crippen LogP contribution in [0, 0.1) is 0 Å². The first kappa shape index (κ1) is 19.5. The highest BCUT2D eigenvalue weighted by Gasteiger charge is 2.27. The molecule has 0 atom stereocenters. The van der Waals surface area contributed by atoms with Crippen molar-refractivity contribution < 1.29 is 17.7 Å². The third-order valence-electron chi connectivity index (χ3n) is 4.88. The monoisotopic (exact) mass is 391 g/mol. The Balaban J connectivity index is 1.55. The number of piperidine rings is 1. The molecule has 0 spiro atoms. The molecule has 0 bridgehead atoms. The predicted octanol–water partition coefficient (Wildman–Crippen LogP) is 2.55. The number of rotatable bonds is 5. The van der Waals surface area contributed by atoms with Gasteiger partial charge in [0.05, 0.1) is 11.3 Å². The fourth-order valence-electron chi connectivity index (χ4n) is 3.16. The Kier molecular flexibility index (Phi) is 5.64. The van der Waals surface area contributed by atoms with Crippen molar-refractivity contribution in [3.8, 4) is 0 Å². The molecule has 1 amide bonds. The van der Waals surface area contributed by atoms with Gasteiger partial charge in [-0.1, -0.05) is 31.1 Å². The van der Waals surface area contributed by atoms with Crippen molar-refractivity contribution in [3.63, 3.8) is 0 Å². The number of sulfone groups is 1. The standard InChI is InChI=1S/C19H25N3O4S/c1-13(2)18-20-19(26-21-18)15-8-10-22(11-9-15)17(23)12-14-4-6-16(7-5-14)27(3,24)25/h4-7,13,15H,8-12H2,1-3H3. The fourth-order valence-corrected chi connectivity index (χ4v) is 3.79. The summed E-state index contributed by atoms with van der Waals surface area (Å²) >= 11 is 0. The molecule has 0 aliphatic carbocycles. The van der Waals surface area contributed by atoms with Crippen molar-refractivity contribution in [1.29, 1.82) is 0 Å². The second kappa shape index (κ2) is 7.80. The number of nitrogens with zero attached hydrogens (tertiary/aromatic N) is 3. The first-order valence-electron chi connectivity index (χ1n) is 9.14. The maximum Gasteiger partial charge on any atom is 0.229 e. The van der Waals surface area contributed by atoms with E-state index < -0.39 is 9.84 Å². The number of benzene rings is 1. The summed E-state index contributed by atoms with van der Waals surface area (Å²) in [5.41, 5.74) is 0.813. The maximum absolute atomic E-state index is 12.5. The highest BCUT2D eigenvalue weighted by molar-refractivity contribution is 7.90. The zero-order valence-electron chi connectivity index (χ0n) is 15.9. The second-order valence-corrected chi connectivity index (χ2v) is 9.41. The predicted molar refractivity (Wildman–Crippen MR) is 100 cm³/mol. The van der Waals surface area contributed by atoms with E-state index in [-0.39, 0.29) is 29.1 Å². The third kappa shape index (κ3) is 4.74. The summed E-state index contributed by atoms with van der Waals surface area (Å²) in [6.07, 6.45) is 3.05. The average molecular weight is 391 g/mol. The van der Waals surface area contributed by atoms with Crippen molar-refractivity contribution >= 4 is 15.7 Å². The van der Waals surface area contributed by atoms with Crippen LogP contribution in [-0.2, 0) is 21.1 Å². The van der Waals surface area contributed by atoms with Gasteiger partial charge in [-0.25, -0.2) is 8.42 Å². The number of hydrogen-bond donors (Lipinski definition) is 0. The van der Waals surface area contributed by atoms with Crippen molar-refractivity contribution in [3.05, 3.63) is 41.5 Å². The van der Waals surface area contributed by atoms with Gasteiger partial charge in [0, 0.05) is 31.2 Å². The van der Waals surface area contributed by atoms with Gasteiger partial charge in [-0.05, 0) is 30.5 Å². The quantitative estimate of drug-likeness (QED) is 0.777. The van der Waals surface area contributed by atoms with E-state index in [2.05, 4.69) is 10.1 Å². The molecule has 1 aliphatic rings. The summed E-state index contributed by atoms with van der Waals surface area (Å²) in [6, 6.07) is 6.50. The topological polar surface area (TPSA) is 93.4 Å². The zero-order chi connectivity index (χ0) is 19.6. The van der Waals surface area contributed by atoms with Crippen LogP contribution in [0.2, 0.25) is 0 Å². The van der Waals surface area contributed by atoms with E-state index in [9.17, 15) is 13.2 Å². The highest BCUT2D eigenvalue weighted by atomic mass is 32.2. The summed E-state index contributed by atoms with van der Waals surface area (Å²) < 4.78 is 28.4. The maximum atomic E-state index is 12.5. The summed E-state index contributed by atoms with van der Waals surface area (Å²) in [4.78, 5) is 19.1. The van der Waals surface area contributed by atoms with E-state index in [1.807, 2.05) is 18.7 Å². The Morgan fingerprint density at radius 3 is 2.37 bits per heavy atom. The van der Waals surface area contributed by atoms with Crippen LogP contribution in [0.4, 0.5) is 0 Å². The van der Waals surface area contributed by atoms with Crippen molar-refractivity contribution in [2.75, 3.05) is 19.3 Å². The normalized spacial score (nSPS) is 16.1. The van der Waals surface area contributed by atoms with Crippen LogP contribution >= 0.6 is 0 Å². The Morgan fingerprint density at radius 2 is 1.85 bits per heavy atom. The number of likely N-dealkylation sites (tertiary alicyclic amines) is 1. The first-order chi connectivity index (χ1) is 12.7. The number of carbonyl (C=O) groups is 1. The lowest BCUT2D eigenvalue weighted by molar-refractivity contribution is -0.131. The molecule has 1 aromatic carbocycles. The Morgan fingerprint density at radius 1 is 1.22 bits per heavy atom. The molecule has 1 aliphatic heterocycles. The number of carbonyl (C=O) groups excluding carboxylic acids is 1. The minimum atomic E-state index is -3.22. The molecule has 0 saturated carbocycles. The van der Waals surface area contributed by atoms with Gasteiger partial charge in [-0.15, -0.1) is 0 Å². The number of amides is 1. The Hall–Kier alpha value is -2.22. The smallest absolute Gasteiger partial charge is 0.229 e. The van der Waals surface area contributed by atoms with Crippen molar-refractivity contribution in [2.24, 2.45) is 0 Å². The zero-order valence-corrected chi connectivity index (χ0v) is 16.7. The Bertz CT molecular complexity index is 895. The van der Waals surface area contributed by atoms with Crippen LogP contribution in [0.25, 0.3) is 0 Å². The van der Waals surface area contributed by atoms with Gasteiger partial charge in [0.15, 0.2) is 15.7 Å². The van der Waals surface area contributed by atoms with E-state index in [0.717, 1.165) is 24.2 Å². The minimum absolute atomic E-state index is 0.0500. The number of aromatic nitrogens is 2. The molecule has 1 fully saturated rings. The van der Waals surface area contributed by atoms with Gasteiger partial charge in [-0.2, -0.15) is 4.98 Å². The van der Waals surface area contributed by atoms with E-state index in [4.69, 9.17) is 4.52 Å². The van der Waals surface area contributed by atoms with Crippen LogP contribution in [0.3, 0.4) is 0 Å². The van der Waals surface area contributed by atoms with Gasteiger partial charge < -0.3 is 9.42 Å². The average Bonchev–Trinajstić information content (AvgIpc) is 3.12. The summed E-state index contributed by atoms with van der Waals surface area (Å²) in [5, 5.41) is 4.02. The molecule has 1 saturated heterocycles. The highest BCUT2D eigenvalue weighted by Crippen LogP contribution is 2.28. The summed E-state index contributed by atoms with van der Waals surface area (Å²) in [6.45, 7) is 5.37. The molecule has 27 heavy (non-hydrogen) atoms. The fraction of sp³-hybridized carbons (Fsp3) is 0.526. The van der Waals surface area contributed by atoms with Crippen LogP contribution in [0.15, 0.2) is 33.7 Å². The lowest BCUT2D eigenvalue weighted by Crippen LogP contribution is -2.38. The summed E-state index contributed by atoms with van der Waals surface area (Å²) in [7, 11) is -3.22. The van der Waals surface area contributed by atoms with Gasteiger partial charge in [0.25, 0.3) is 0 Å². The van der Waals surface area contributed by atoms with Gasteiger partial charge in [0.1, 0.15) is 0 Å². The van der Waals surface area contributed by atoms with Gasteiger partial charge in [-0.3, -0.25) is 4.79 Å². The largest absolute Gasteiger partial charge is 0.342 e. The lowest BCUT2D eigenvalue weighted by atomic mass is 9.96. The molecule has 2 heterocycles. The molecule has 1 aromatic heterocycles. The van der Waals surface area contributed by atoms with Crippen LogP contribution in [-0.4, -0.2) is 48.7 Å². The van der Waals surface area contributed by atoms with Crippen LogP contribution in [0.1, 0.15) is 55.8 Å². The molecule has 8 heteroatoms. The van der Waals surface area contributed by atoms with Crippen molar-refractivity contribution in [1.82, 2.24) is 15.0 Å². The van der Waals surface area contributed by atoms with Gasteiger partial charge in [0.2, 0.25) is 11.8 Å².